The van der Waals surface area contributed by atoms with Gasteiger partial charge in [-0.05, 0) is 6.92 Å². The van der Waals surface area contributed by atoms with Crippen molar-refractivity contribution in [3.8, 4) is 0 Å². The highest BCUT2D eigenvalue weighted by atomic mass is 16.8. The van der Waals surface area contributed by atoms with E-state index in [-0.39, 0.29) is 6.29 Å². The van der Waals surface area contributed by atoms with Gasteiger partial charge in [-0.3, -0.25) is 4.79 Å². The molecule has 2 rings (SSSR count). The summed E-state index contributed by atoms with van der Waals surface area (Å²) < 4.78 is 21.9. The minimum Gasteiger partial charge on any atom is -0.394 e. The van der Waals surface area contributed by atoms with E-state index in [9.17, 15) is 55.5 Å². The van der Waals surface area contributed by atoms with Crippen LogP contribution in [-0.4, -0.2) is 157 Å². The van der Waals surface area contributed by atoms with Crippen LogP contribution in [0.5, 0.6) is 0 Å². The molecule has 0 aliphatic carbocycles. The van der Waals surface area contributed by atoms with Gasteiger partial charge in [0.05, 0.1) is 19.3 Å². The van der Waals surface area contributed by atoms with E-state index in [2.05, 4.69) is 5.32 Å². The first-order valence-electron chi connectivity index (χ1n) is 11.2. The highest BCUT2D eigenvalue weighted by Gasteiger charge is 2.52. The first-order valence-corrected chi connectivity index (χ1v) is 11.2. The summed E-state index contributed by atoms with van der Waals surface area (Å²) in [5, 5.41) is 92.5. The highest BCUT2D eigenvalue weighted by Crippen LogP contribution is 2.31. The molecule has 16 heteroatoms. The quantitative estimate of drug-likeness (QED) is 0.111. The molecule has 0 saturated carbocycles. The smallest absolute Gasteiger partial charge is 0.217 e. The molecule has 16 nitrogen and oxygen atoms in total. The zero-order valence-corrected chi connectivity index (χ0v) is 19.5. The summed E-state index contributed by atoms with van der Waals surface area (Å²) in [6.45, 7) is 0.610. The molecular formula is C20H35NO15. The van der Waals surface area contributed by atoms with E-state index in [4.69, 9.17) is 18.9 Å². The Bertz CT molecular complexity index is 715. The molecule has 36 heavy (non-hydrogen) atoms. The Labute approximate surface area is 205 Å². The van der Waals surface area contributed by atoms with E-state index in [0.29, 0.717) is 0 Å². The minimum atomic E-state index is -2.01. The summed E-state index contributed by atoms with van der Waals surface area (Å²) in [5.74, 6) is -0.729. The van der Waals surface area contributed by atoms with Gasteiger partial charge >= 0.3 is 0 Å². The fraction of sp³-hybridized carbons (Fsp3) is 0.900. The number of ether oxygens (including phenoxy) is 4. The number of nitrogens with one attached hydrogen (secondary N) is 1. The molecule has 0 bridgehead atoms. The van der Waals surface area contributed by atoms with Gasteiger partial charge < -0.3 is 75.0 Å². The monoisotopic (exact) mass is 529 g/mol. The lowest BCUT2D eigenvalue weighted by Crippen LogP contribution is -2.65. The van der Waals surface area contributed by atoms with E-state index in [1.54, 1.807) is 0 Å². The van der Waals surface area contributed by atoms with E-state index >= 15 is 0 Å². The average Bonchev–Trinajstić information content (AvgIpc) is 2.85. The van der Waals surface area contributed by atoms with Crippen molar-refractivity contribution in [3.63, 3.8) is 0 Å². The minimum absolute atomic E-state index is 0.167. The van der Waals surface area contributed by atoms with Crippen molar-refractivity contribution < 1.29 is 74.5 Å². The van der Waals surface area contributed by atoms with Gasteiger partial charge in [0.1, 0.15) is 73.4 Å². The maximum atomic E-state index is 11.7. The molecule has 0 unspecified atom stereocenters. The number of aliphatic hydroxyl groups excluding tert-OH is 9. The zero-order chi connectivity index (χ0) is 27.3. The third-order valence-electron chi connectivity index (χ3n) is 6.00. The molecule has 1 amide bonds. The largest absolute Gasteiger partial charge is 0.394 e. The van der Waals surface area contributed by atoms with Crippen molar-refractivity contribution in [2.75, 3.05) is 13.2 Å². The van der Waals surface area contributed by atoms with Crippen LogP contribution in [0, 0.1) is 0 Å². The molecule has 14 atom stereocenters. The van der Waals surface area contributed by atoms with Crippen molar-refractivity contribution in [1.29, 1.82) is 0 Å². The molecule has 2 fully saturated rings. The van der Waals surface area contributed by atoms with Crippen LogP contribution in [0.4, 0.5) is 0 Å². The number of carbonyl (C=O) groups excluding carboxylic acids is 2. The SMILES string of the molecule is CC(=O)N[C@@H](C=O)[C@@H](O[C@@H]1O[C@H](CO)[C@H](O)[C@H](O)[C@H]1O[C@@H]1O[C@@H](C)[C@@H](O)[C@@H](O)[C@@H]1O)[C@H](O)[C@H](O)CO. The molecule has 2 heterocycles. The number of rotatable bonds is 11. The van der Waals surface area contributed by atoms with Crippen molar-refractivity contribution in [2.45, 2.75) is 99.6 Å². The standard InChI is InChI=1S/C20H35NO15/c1-6-11(27)14(30)16(32)19(33-6)36-18-15(31)13(29)10(5-24)34-20(18)35-17(12(28)9(26)4-23)8(3-22)21-7(2)25/h3,6,8-20,23-24,26-32H,4-5H2,1-2H3,(H,21,25)/t6-,8-,9+,10+,11+,12+,13-,14+,15-,16-,17+,18+,19-,20-/m0/s1. The predicted octanol–water partition coefficient (Wildman–Crippen LogP) is -6.56. The van der Waals surface area contributed by atoms with Gasteiger partial charge in [-0.1, -0.05) is 0 Å². The molecule has 2 saturated heterocycles. The van der Waals surface area contributed by atoms with Gasteiger partial charge in [0, 0.05) is 6.92 Å². The van der Waals surface area contributed by atoms with E-state index in [0.717, 1.165) is 6.92 Å². The lowest BCUT2D eigenvalue weighted by atomic mass is 9.97. The molecule has 0 spiro atoms. The van der Waals surface area contributed by atoms with Crippen molar-refractivity contribution in [1.82, 2.24) is 5.32 Å². The summed E-state index contributed by atoms with van der Waals surface area (Å²) in [5.41, 5.74) is 0. The van der Waals surface area contributed by atoms with Crippen LogP contribution < -0.4 is 5.32 Å². The summed E-state index contributed by atoms with van der Waals surface area (Å²) in [4.78, 5) is 23.2. The van der Waals surface area contributed by atoms with Crippen molar-refractivity contribution in [2.24, 2.45) is 0 Å². The van der Waals surface area contributed by atoms with Crippen LogP contribution in [0.3, 0.4) is 0 Å². The Hall–Kier alpha value is -1.38. The topological polar surface area (TPSA) is 265 Å². The average molecular weight is 529 g/mol. The van der Waals surface area contributed by atoms with Gasteiger partial charge in [-0.15, -0.1) is 0 Å². The van der Waals surface area contributed by atoms with Gasteiger partial charge in [-0.2, -0.15) is 0 Å². The third-order valence-corrected chi connectivity index (χ3v) is 6.00. The highest BCUT2D eigenvalue weighted by molar-refractivity contribution is 5.77. The Kier molecular flexibility index (Phi) is 11.5. The molecule has 2 aliphatic rings. The van der Waals surface area contributed by atoms with Crippen LogP contribution in [0.25, 0.3) is 0 Å². The van der Waals surface area contributed by atoms with E-state index in [1.165, 1.54) is 6.92 Å². The summed E-state index contributed by atoms with van der Waals surface area (Å²) in [6.07, 6.45) is -22.1. The number of carbonyl (C=O) groups is 2. The van der Waals surface area contributed by atoms with E-state index < -0.39 is 105 Å². The predicted molar refractivity (Wildman–Crippen MR) is 113 cm³/mol. The molecule has 10 N–H and O–H groups in total. The second kappa shape index (κ2) is 13.4. The van der Waals surface area contributed by atoms with Gasteiger partial charge in [0.15, 0.2) is 12.6 Å². The summed E-state index contributed by atoms with van der Waals surface area (Å²) >= 11 is 0. The number of aliphatic hydroxyl groups is 9. The van der Waals surface area contributed by atoms with Crippen LogP contribution in [0.15, 0.2) is 0 Å². The van der Waals surface area contributed by atoms with Crippen LogP contribution >= 0.6 is 0 Å². The van der Waals surface area contributed by atoms with Crippen LogP contribution in [-0.2, 0) is 28.5 Å². The third kappa shape index (κ3) is 6.93. The molecule has 210 valence electrons. The fourth-order valence-electron chi connectivity index (χ4n) is 3.88. The molecule has 0 aromatic heterocycles. The molecule has 0 aromatic rings. The van der Waals surface area contributed by atoms with Crippen molar-refractivity contribution >= 4 is 12.2 Å². The van der Waals surface area contributed by atoms with Gasteiger partial charge in [-0.25, -0.2) is 0 Å². The normalized spacial score (nSPS) is 40.6. The molecule has 2 aliphatic heterocycles. The number of amides is 1. The second-order valence-electron chi connectivity index (χ2n) is 8.69. The first-order chi connectivity index (χ1) is 16.9. The Morgan fingerprint density at radius 3 is 2.14 bits per heavy atom. The van der Waals surface area contributed by atoms with Gasteiger partial charge in [0.25, 0.3) is 0 Å². The first kappa shape index (κ1) is 30.8. The fourth-order valence-corrected chi connectivity index (χ4v) is 3.88. The number of hydrogen-bond donors (Lipinski definition) is 10. The maximum Gasteiger partial charge on any atom is 0.217 e. The van der Waals surface area contributed by atoms with Crippen LogP contribution in [0.1, 0.15) is 13.8 Å². The Morgan fingerprint density at radius 2 is 1.61 bits per heavy atom. The lowest BCUT2D eigenvalue weighted by Gasteiger charge is -2.47. The zero-order valence-electron chi connectivity index (χ0n) is 19.5. The molecular weight excluding hydrogens is 494 g/mol. The number of hydrogen-bond acceptors (Lipinski definition) is 15. The van der Waals surface area contributed by atoms with E-state index in [1.807, 2.05) is 0 Å². The van der Waals surface area contributed by atoms with Gasteiger partial charge in [0.2, 0.25) is 5.91 Å². The summed E-state index contributed by atoms with van der Waals surface area (Å²) in [6, 6.07) is -1.62. The maximum absolute atomic E-state index is 11.7. The number of aldehydes is 1. The molecule has 0 aromatic carbocycles. The lowest BCUT2D eigenvalue weighted by molar-refractivity contribution is -0.372. The summed E-state index contributed by atoms with van der Waals surface area (Å²) in [7, 11) is 0. The molecule has 0 radical (unpaired) electrons. The second-order valence-corrected chi connectivity index (χ2v) is 8.69. The Morgan fingerprint density at radius 1 is 0.972 bits per heavy atom. The van der Waals surface area contributed by atoms with Crippen LogP contribution in [0.2, 0.25) is 0 Å². The van der Waals surface area contributed by atoms with Crippen molar-refractivity contribution in [3.05, 3.63) is 0 Å². The Balaban J connectivity index is 2.39.